The molecule has 0 saturated heterocycles. The fourth-order valence-corrected chi connectivity index (χ4v) is 2.66. The van der Waals surface area contributed by atoms with Crippen molar-refractivity contribution in [1.29, 1.82) is 0 Å². The van der Waals surface area contributed by atoms with Crippen LogP contribution in [0.25, 0.3) is 0 Å². The Morgan fingerprint density at radius 2 is 2.07 bits per heavy atom. The summed E-state index contributed by atoms with van der Waals surface area (Å²) >= 11 is 0. The van der Waals surface area contributed by atoms with Crippen LogP contribution in [0.5, 0.6) is 0 Å². The molecule has 0 aromatic rings. The van der Waals surface area contributed by atoms with Gasteiger partial charge in [0.15, 0.2) is 0 Å². The Hall–Kier alpha value is -0.480. The summed E-state index contributed by atoms with van der Waals surface area (Å²) < 4.78 is 0. The maximum Gasteiger partial charge on any atom is 0.00866 e. The van der Waals surface area contributed by atoms with Gasteiger partial charge in [0.05, 0.1) is 0 Å². The summed E-state index contributed by atoms with van der Waals surface area (Å²) in [6.07, 6.45) is 17.2. The maximum atomic E-state index is 5.27. The van der Waals surface area contributed by atoms with Crippen LogP contribution in [0.2, 0.25) is 0 Å². The molecular formula is C14H25N. The van der Waals surface area contributed by atoms with Crippen LogP contribution in [0.15, 0.2) is 0 Å². The number of unbranched alkanes of at least 4 members (excludes halogenated alkanes) is 1. The zero-order chi connectivity index (χ0) is 10.9. The van der Waals surface area contributed by atoms with Crippen molar-refractivity contribution >= 4 is 0 Å². The van der Waals surface area contributed by atoms with Gasteiger partial charge in [0.25, 0.3) is 0 Å². The first-order valence-electron chi connectivity index (χ1n) is 6.47. The highest BCUT2D eigenvalue weighted by Crippen LogP contribution is 2.28. The number of terminal acetylenes is 1. The Bertz CT molecular complexity index is 186. The van der Waals surface area contributed by atoms with Crippen LogP contribution in [0.1, 0.15) is 57.8 Å². The third kappa shape index (κ3) is 5.23. The Morgan fingerprint density at radius 3 is 2.67 bits per heavy atom. The van der Waals surface area contributed by atoms with Gasteiger partial charge in [-0.2, -0.15) is 0 Å². The Balaban J connectivity index is 2.17. The van der Waals surface area contributed by atoms with Crippen LogP contribution < -0.4 is 5.32 Å². The molecule has 0 amide bonds. The predicted octanol–water partition coefficient (Wildman–Crippen LogP) is 3.35. The molecule has 0 aromatic heterocycles. The molecule has 0 aliphatic heterocycles. The van der Waals surface area contributed by atoms with Crippen LogP contribution in [-0.4, -0.2) is 13.1 Å². The second-order valence-electron chi connectivity index (χ2n) is 4.82. The van der Waals surface area contributed by atoms with Crippen molar-refractivity contribution in [2.45, 2.75) is 63.8 Å². The van der Waals surface area contributed by atoms with Gasteiger partial charge in [-0.15, -0.1) is 12.3 Å². The van der Waals surface area contributed by atoms with E-state index in [2.05, 4.69) is 18.3 Å². The normalized spacial score (nSPS) is 19.7. The average Bonchev–Trinajstić information content (AvgIpc) is 2.29. The molecule has 15 heavy (non-hydrogen) atoms. The molecule has 0 aromatic carbocycles. The minimum Gasteiger partial charge on any atom is -0.317 e. The van der Waals surface area contributed by atoms with Gasteiger partial charge in [0.1, 0.15) is 0 Å². The molecule has 0 heterocycles. The first kappa shape index (κ1) is 12.6. The van der Waals surface area contributed by atoms with E-state index in [4.69, 9.17) is 6.42 Å². The van der Waals surface area contributed by atoms with Crippen LogP contribution in [0.4, 0.5) is 0 Å². The molecule has 1 rings (SSSR count). The Labute approximate surface area is 95.0 Å². The molecule has 86 valence electrons. The zero-order valence-electron chi connectivity index (χ0n) is 10.1. The average molecular weight is 207 g/mol. The Kier molecular flexibility index (Phi) is 6.52. The molecule has 1 aliphatic carbocycles. The molecule has 1 N–H and O–H groups in total. The van der Waals surface area contributed by atoms with Gasteiger partial charge < -0.3 is 5.32 Å². The fraction of sp³-hybridized carbons (Fsp3) is 0.857. The molecule has 1 nitrogen and oxygen atoms in total. The van der Waals surface area contributed by atoms with Crippen molar-refractivity contribution in [2.75, 3.05) is 7.05 Å². The van der Waals surface area contributed by atoms with Gasteiger partial charge >= 0.3 is 0 Å². The fourth-order valence-electron chi connectivity index (χ4n) is 2.66. The lowest BCUT2D eigenvalue weighted by Gasteiger charge is -2.26. The van der Waals surface area contributed by atoms with Crippen molar-refractivity contribution in [1.82, 2.24) is 5.32 Å². The first-order valence-corrected chi connectivity index (χ1v) is 6.47. The van der Waals surface area contributed by atoms with Crippen molar-refractivity contribution in [3.63, 3.8) is 0 Å². The smallest absolute Gasteiger partial charge is 0.00866 e. The van der Waals surface area contributed by atoms with E-state index in [1.54, 1.807) is 0 Å². The largest absolute Gasteiger partial charge is 0.317 e. The highest BCUT2D eigenvalue weighted by Gasteiger charge is 2.17. The molecule has 0 radical (unpaired) electrons. The van der Waals surface area contributed by atoms with E-state index in [0.717, 1.165) is 12.3 Å². The number of hydrogen-bond acceptors (Lipinski definition) is 1. The van der Waals surface area contributed by atoms with Crippen LogP contribution in [-0.2, 0) is 0 Å². The molecule has 0 spiro atoms. The second kappa shape index (κ2) is 7.77. The van der Waals surface area contributed by atoms with Gasteiger partial charge in [-0.1, -0.05) is 32.1 Å². The number of rotatable bonds is 6. The van der Waals surface area contributed by atoms with E-state index < -0.39 is 0 Å². The van der Waals surface area contributed by atoms with Gasteiger partial charge in [0, 0.05) is 12.5 Å². The van der Waals surface area contributed by atoms with Gasteiger partial charge in [-0.05, 0) is 32.2 Å². The van der Waals surface area contributed by atoms with E-state index in [9.17, 15) is 0 Å². The maximum absolute atomic E-state index is 5.27. The minimum absolute atomic E-state index is 0.696. The molecule has 1 fully saturated rings. The summed E-state index contributed by atoms with van der Waals surface area (Å²) in [5, 5.41) is 3.44. The summed E-state index contributed by atoms with van der Waals surface area (Å²) in [6, 6.07) is 0.696. The van der Waals surface area contributed by atoms with Gasteiger partial charge in [0.2, 0.25) is 0 Å². The highest BCUT2D eigenvalue weighted by molar-refractivity contribution is 4.84. The summed E-state index contributed by atoms with van der Waals surface area (Å²) in [7, 11) is 2.09. The summed E-state index contributed by atoms with van der Waals surface area (Å²) in [4.78, 5) is 0. The zero-order valence-corrected chi connectivity index (χ0v) is 10.1. The van der Waals surface area contributed by atoms with Crippen LogP contribution >= 0.6 is 0 Å². The summed E-state index contributed by atoms with van der Waals surface area (Å²) in [5.41, 5.74) is 0. The second-order valence-corrected chi connectivity index (χ2v) is 4.82. The number of nitrogens with one attached hydrogen (secondary N) is 1. The van der Waals surface area contributed by atoms with Crippen molar-refractivity contribution in [2.24, 2.45) is 5.92 Å². The lowest BCUT2D eigenvalue weighted by Crippen LogP contribution is -2.28. The van der Waals surface area contributed by atoms with Gasteiger partial charge in [-0.3, -0.25) is 0 Å². The minimum atomic E-state index is 0.696. The molecular weight excluding hydrogens is 182 g/mol. The lowest BCUT2D eigenvalue weighted by atomic mass is 9.84. The van der Waals surface area contributed by atoms with E-state index in [1.165, 1.54) is 51.4 Å². The van der Waals surface area contributed by atoms with E-state index in [-0.39, 0.29) is 0 Å². The molecule has 1 saturated carbocycles. The summed E-state index contributed by atoms with van der Waals surface area (Å²) in [5.74, 6) is 3.70. The van der Waals surface area contributed by atoms with Crippen molar-refractivity contribution < 1.29 is 0 Å². The topological polar surface area (TPSA) is 12.0 Å². The number of hydrogen-bond donors (Lipinski definition) is 1. The first-order chi connectivity index (χ1) is 7.36. The SMILES string of the molecule is C#CCCCC(CC1CCCCC1)NC. The third-order valence-corrected chi connectivity index (χ3v) is 3.62. The third-order valence-electron chi connectivity index (χ3n) is 3.62. The van der Waals surface area contributed by atoms with E-state index in [1.807, 2.05) is 0 Å². The Morgan fingerprint density at radius 1 is 1.33 bits per heavy atom. The van der Waals surface area contributed by atoms with Crippen LogP contribution in [0.3, 0.4) is 0 Å². The van der Waals surface area contributed by atoms with Crippen molar-refractivity contribution in [3.05, 3.63) is 0 Å². The quantitative estimate of drug-likeness (QED) is 0.520. The van der Waals surface area contributed by atoms with E-state index in [0.29, 0.717) is 6.04 Å². The molecule has 1 aliphatic rings. The standard InChI is InChI=1S/C14H25N/c1-3-4-6-11-14(15-2)12-13-9-7-5-8-10-13/h1,13-15H,4-12H2,2H3. The van der Waals surface area contributed by atoms with Crippen molar-refractivity contribution in [3.8, 4) is 12.3 Å². The molecule has 1 heteroatoms. The highest BCUT2D eigenvalue weighted by atomic mass is 14.9. The molecule has 1 unspecified atom stereocenters. The monoisotopic (exact) mass is 207 g/mol. The molecule has 1 atom stereocenters. The van der Waals surface area contributed by atoms with Gasteiger partial charge in [-0.25, -0.2) is 0 Å². The lowest BCUT2D eigenvalue weighted by molar-refractivity contribution is 0.295. The molecule has 0 bridgehead atoms. The predicted molar refractivity (Wildman–Crippen MR) is 66.7 cm³/mol. The van der Waals surface area contributed by atoms with Crippen LogP contribution in [0, 0.1) is 18.3 Å². The van der Waals surface area contributed by atoms with E-state index >= 15 is 0 Å². The summed E-state index contributed by atoms with van der Waals surface area (Å²) in [6.45, 7) is 0.